The molecule has 0 amide bonds. The van der Waals surface area contributed by atoms with Gasteiger partial charge >= 0.3 is 0 Å². The highest BCUT2D eigenvalue weighted by Crippen LogP contribution is 2.37. The van der Waals surface area contributed by atoms with Gasteiger partial charge in [-0.25, -0.2) is 0 Å². The lowest BCUT2D eigenvalue weighted by Gasteiger charge is -2.50. The van der Waals surface area contributed by atoms with Crippen molar-refractivity contribution in [1.82, 2.24) is 0 Å². The van der Waals surface area contributed by atoms with Gasteiger partial charge in [-0.2, -0.15) is 0 Å². The maximum atomic E-state index is 7.51. The lowest BCUT2D eigenvalue weighted by Crippen LogP contribution is -2.66. The number of hydrogen-bond acceptors (Lipinski definition) is 11. The predicted octanol–water partition coefficient (Wildman–Crippen LogP) is 10.8. The van der Waals surface area contributed by atoms with E-state index >= 15 is 0 Å². The predicted molar refractivity (Wildman–Crippen MR) is 276 cm³/mol. The smallest absolute Gasteiger partial charge is 0.187 e. The molecule has 9 rings (SSSR count). The summed E-state index contributed by atoms with van der Waals surface area (Å²) in [4.78, 5) is 0. The van der Waals surface area contributed by atoms with Crippen LogP contribution in [-0.2, 0) is 98.4 Å². The first-order valence-electron chi connectivity index (χ1n) is 25.2. The van der Waals surface area contributed by atoms with E-state index in [0.717, 1.165) is 38.9 Å². The molecule has 0 N–H and O–H groups in total. The quantitative estimate of drug-likeness (QED) is 0.0518. The van der Waals surface area contributed by atoms with Crippen LogP contribution in [0.4, 0.5) is 0 Å². The molecule has 0 saturated carbocycles. The Morgan fingerprint density at radius 1 is 0.288 bits per heavy atom. The lowest BCUT2D eigenvalue weighted by atomic mass is 9.95. The maximum Gasteiger partial charge on any atom is 0.187 e. The maximum absolute atomic E-state index is 7.51. The van der Waals surface area contributed by atoms with Crippen molar-refractivity contribution in [3.63, 3.8) is 0 Å². The summed E-state index contributed by atoms with van der Waals surface area (Å²) in [7, 11) is 1.61. The molecule has 7 aromatic carbocycles. The second-order valence-corrected chi connectivity index (χ2v) is 18.2. The SMILES string of the molecule is CO[C@H]1O[C@H](COCc2ccccc2)[C@@H](O[C@@H]2O[C@@H](COCc3ccccc3)[C@@H](OCc3ccccc3)[C@H](OCc3ccccc3)[C@@H]2OCc2ccccc2)[C@H](OCc2ccccc2)[C@H]1OCc1ccccc1. The molecule has 2 aliphatic heterocycles. The van der Waals surface area contributed by atoms with E-state index in [-0.39, 0.29) is 46.2 Å². The van der Waals surface area contributed by atoms with Gasteiger partial charge in [-0.05, 0) is 38.9 Å². The molecule has 0 unspecified atom stereocenters. The molecule has 2 aliphatic rings. The minimum atomic E-state index is -1.09. The average molecular weight is 987 g/mol. The third-order valence-electron chi connectivity index (χ3n) is 12.9. The van der Waals surface area contributed by atoms with Crippen LogP contribution in [0.2, 0.25) is 0 Å². The van der Waals surface area contributed by atoms with Crippen LogP contribution in [0, 0.1) is 0 Å². The fourth-order valence-electron chi connectivity index (χ4n) is 9.14. The molecule has 0 aromatic heterocycles. The van der Waals surface area contributed by atoms with Crippen molar-refractivity contribution in [3.05, 3.63) is 251 Å². The molecule has 380 valence electrons. The highest BCUT2D eigenvalue weighted by atomic mass is 16.8. The van der Waals surface area contributed by atoms with Crippen molar-refractivity contribution >= 4 is 0 Å². The Morgan fingerprint density at radius 2 is 0.548 bits per heavy atom. The zero-order valence-electron chi connectivity index (χ0n) is 41.3. The zero-order valence-corrected chi connectivity index (χ0v) is 41.3. The van der Waals surface area contributed by atoms with Crippen molar-refractivity contribution in [2.75, 3.05) is 20.3 Å². The molecule has 10 atom stereocenters. The number of ether oxygens (including phenoxy) is 11. The van der Waals surface area contributed by atoms with Gasteiger partial charge in [0.1, 0.15) is 48.8 Å². The number of methoxy groups -OCH3 is 1. The Hall–Kier alpha value is -5.90. The van der Waals surface area contributed by atoms with Crippen LogP contribution in [-0.4, -0.2) is 81.7 Å². The van der Waals surface area contributed by atoms with Gasteiger partial charge in [0.2, 0.25) is 0 Å². The fourth-order valence-corrected chi connectivity index (χ4v) is 9.14. The molecule has 0 aliphatic carbocycles. The number of benzene rings is 7. The van der Waals surface area contributed by atoms with E-state index in [1.165, 1.54) is 0 Å². The van der Waals surface area contributed by atoms with Gasteiger partial charge in [-0.1, -0.05) is 212 Å². The topological polar surface area (TPSA) is 102 Å². The van der Waals surface area contributed by atoms with Crippen molar-refractivity contribution in [2.24, 2.45) is 0 Å². The molecule has 0 spiro atoms. The Bertz CT molecular complexity index is 2560. The molecular weight excluding hydrogens is 921 g/mol. The van der Waals surface area contributed by atoms with Crippen molar-refractivity contribution in [3.8, 4) is 0 Å². The highest BCUT2D eigenvalue weighted by Gasteiger charge is 2.54. The minimum absolute atomic E-state index is 0.124. The molecule has 11 nitrogen and oxygen atoms in total. The third-order valence-corrected chi connectivity index (χ3v) is 12.9. The Kier molecular flexibility index (Phi) is 19.9. The van der Waals surface area contributed by atoms with E-state index in [0.29, 0.717) is 13.2 Å². The normalized spacial score (nSPS) is 24.0. The van der Waals surface area contributed by atoms with E-state index in [2.05, 4.69) is 0 Å². The first kappa shape index (κ1) is 52.0. The standard InChI is InChI=1S/C62H66O11/c1-63-61-59(69-42-51-33-19-7-20-34-51)58(68-41-50-31-17-6-18-32-50)56(54(71-61)45-65-38-47-25-11-3-12-26-47)73-62-60(70-43-52-35-21-8-22-36-52)57(67-40-49-29-15-5-16-30-49)55(66-39-48-27-13-4-14-28-48)53(72-62)44-64-37-46-23-9-2-10-24-46/h2-36,53-62H,37-45H2,1H3/t53-,54+,55+,56+,57-,58-,59+,60-,61-,62-/m0/s1. The molecule has 0 radical (unpaired) electrons. The van der Waals surface area contributed by atoms with E-state index in [4.69, 9.17) is 52.1 Å². The molecule has 2 heterocycles. The van der Waals surface area contributed by atoms with Crippen molar-refractivity contribution in [1.29, 1.82) is 0 Å². The van der Waals surface area contributed by atoms with Gasteiger partial charge in [0.05, 0.1) is 59.5 Å². The minimum Gasteiger partial charge on any atom is -0.374 e. The van der Waals surface area contributed by atoms with E-state index in [1.807, 2.05) is 212 Å². The Labute approximate surface area is 429 Å². The van der Waals surface area contributed by atoms with Crippen molar-refractivity contribution < 1.29 is 52.1 Å². The first-order chi connectivity index (χ1) is 36.2. The van der Waals surface area contributed by atoms with Crippen LogP contribution >= 0.6 is 0 Å². The van der Waals surface area contributed by atoms with Gasteiger partial charge in [0, 0.05) is 7.11 Å². The molecule has 73 heavy (non-hydrogen) atoms. The van der Waals surface area contributed by atoms with Crippen molar-refractivity contribution in [2.45, 2.75) is 108 Å². The number of rotatable bonds is 26. The van der Waals surface area contributed by atoms with Gasteiger partial charge in [-0.15, -0.1) is 0 Å². The van der Waals surface area contributed by atoms with Gasteiger partial charge in [-0.3, -0.25) is 0 Å². The third kappa shape index (κ3) is 15.3. The largest absolute Gasteiger partial charge is 0.374 e. The summed E-state index contributed by atoms with van der Waals surface area (Å²) in [5.41, 5.74) is 6.95. The lowest BCUT2D eigenvalue weighted by molar-refractivity contribution is -0.376. The van der Waals surface area contributed by atoms with Gasteiger partial charge in [0.15, 0.2) is 12.6 Å². The van der Waals surface area contributed by atoms with Crippen LogP contribution in [0.25, 0.3) is 0 Å². The summed E-state index contributed by atoms with van der Waals surface area (Å²) in [5, 5.41) is 0. The first-order valence-corrected chi connectivity index (χ1v) is 25.2. The summed E-state index contributed by atoms with van der Waals surface area (Å²) in [5.74, 6) is 0. The Balaban J connectivity index is 1.11. The number of hydrogen-bond donors (Lipinski definition) is 0. The second-order valence-electron chi connectivity index (χ2n) is 18.2. The summed E-state index contributed by atoms with van der Waals surface area (Å²) in [6.07, 6.45) is -8.10. The monoisotopic (exact) mass is 986 g/mol. The van der Waals surface area contributed by atoms with Gasteiger partial charge in [0.25, 0.3) is 0 Å². The van der Waals surface area contributed by atoms with Crippen LogP contribution in [0.3, 0.4) is 0 Å². The van der Waals surface area contributed by atoms with Crippen LogP contribution in [0.1, 0.15) is 38.9 Å². The molecule has 2 fully saturated rings. The Morgan fingerprint density at radius 3 is 0.890 bits per heavy atom. The molecule has 2 saturated heterocycles. The fraction of sp³-hybridized carbons (Fsp3) is 0.323. The molecule has 0 bridgehead atoms. The summed E-state index contributed by atoms with van der Waals surface area (Å²) in [6, 6.07) is 70.4. The van der Waals surface area contributed by atoms with E-state index < -0.39 is 61.4 Å². The van der Waals surface area contributed by atoms with Gasteiger partial charge < -0.3 is 52.1 Å². The summed E-state index contributed by atoms with van der Waals surface area (Å²) >= 11 is 0. The van der Waals surface area contributed by atoms with Crippen LogP contribution < -0.4 is 0 Å². The zero-order chi connectivity index (χ0) is 49.7. The summed E-state index contributed by atoms with van der Waals surface area (Å²) in [6.45, 7) is 2.27. The molecular formula is C62H66O11. The van der Waals surface area contributed by atoms with E-state index in [1.54, 1.807) is 7.11 Å². The second kappa shape index (κ2) is 28.0. The van der Waals surface area contributed by atoms with E-state index in [9.17, 15) is 0 Å². The summed E-state index contributed by atoms with van der Waals surface area (Å²) < 4.78 is 75.9. The highest BCUT2D eigenvalue weighted by molar-refractivity contribution is 5.19. The molecule has 7 aromatic rings. The molecule has 11 heteroatoms. The van der Waals surface area contributed by atoms with Crippen LogP contribution in [0.15, 0.2) is 212 Å². The van der Waals surface area contributed by atoms with Crippen LogP contribution in [0.5, 0.6) is 0 Å². The average Bonchev–Trinajstić information content (AvgIpc) is 3.45.